The summed E-state index contributed by atoms with van der Waals surface area (Å²) < 4.78 is 1.65. The zero-order valence-corrected chi connectivity index (χ0v) is 15.7. The van der Waals surface area contributed by atoms with E-state index in [1.54, 1.807) is 24.8 Å². The molecule has 27 heavy (non-hydrogen) atoms. The van der Waals surface area contributed by atoms with E-state index in [4.69, 9.17) is 5.11 Å². The highest BCUT2D eigenvalue weighted by molar-refractivity contribution is 5.98. The van der Waals surface area contributed by atoms with Gasteiger partial charge in [0.2, 0.25) is 5.91 Å². The molecule has 1 saturated heterocycles. The Morgan fingerprint density at radius 3 is 2.81 bits per heavy atom. The van der Waals surface area contributed by atoms with Crippen molar-refractivity contribution in [3.8, 4) is 0 Å². The van der Waals surface area contributed by atoms with Crippen molar-refractivity contribution in [2.75, 3.05) is 26.7 Å². The highest BCUT2D eigenvalue weighted by Gasteiger charge is 2.29. The molecule has 1 unspecified atom stereocenters. The lowest BCUT2D eigenvalue weighted by atomic mass is 9.98. The van der Waals surface area contributed by atoms with Crippen LogP contribution in [0.2, 0.25) is 0 Å². The lowest BCUT2D eigenvalue weighted by Gasteiger charge is -2.32. The summed E-state index contributed by atoms with van der Waals surface area (Å²) in [7, 11) is 3.34. The van der Waals surface area contributed by atoms with Gasteiger partial charge in [-0.1, -0.05) is 0 Å². The maximum atomic E-state index is 12.7. The summed E-state index contributed by atoms with van der Waals surface area (Å²) in [4.78, 5) is 43.5. The standard InChI is InChI=1S/C18H23N5O4/c1-11-14-7-13(8-19-16(14)22(3)20-11)17(25)21(2)10-15(24)23-6-4-5-12(9-23)18(26)27/h7-8,12H,4-6,9-10H2,1-3H3,(H,26,27). The number of amides is 2. The number of carbonyl (C=O) groups is 3. The molecule has 9 nitrogen and oxygen atoms in total. The second-order valence-electron chi connectivity index (χ2n) is 6.98. The van der Waals surface area contributed by atoms with Gasteiger partial charge in [-0.2, -0.15) is 5.10 Å². The summed E-state index contributed by atoms with van der Waals surface area (Å²) in [5.74, 6) is -1.98. The van der Waals surface area contributed by atoms with Crippen LogP contribution in [0.25, 0.3) is 11.0 Å². The molecule has 1 aliphatic rings. The topological polar surface area (TPSA) is 109 Å². The molecule has 0 saturated carbocycles. The average molecular weight is 373 g/mol. The number of hydrogen-bond donors (Lipinski definition) is 1. The van der Waals surface area contributed by atoms with Crippen LogP contribution >= 0.6 is 0 Å². The van der Waals surface area contributed by atoms with E-state index >= 15 is 0 Å². The first kappa shape index (κ1) is 18.8. The van der Waals surface area contributed by atoms with Gasteiger partial charge < -0.3 is 14.9 Å². The van der Waals surface area contributed by atoms with Crippen molar-refractivity contribution in [3.63, 3.8) is 0 Å². The minimum atomic E-state index is -0.886. The van der Waals surface area contributed by atoms with E-state index in [1.807, 2.05) is 6.92 Å². The number of aryl methyl sites for hydroxylation is 2. The summed E-state index contributed by atoms with van der Waals surface area (Å²) in [6, 6.07) is 1.73. The normalized spacial score (nSPS) is 17.1. The molecule has 1 fully saturated rings. The smallest absolute Gasteiger partial charge is 0.308 e. The number of aromatic nitrogens is 3. The van der Waals surface area contributed by atoms with Crippen LogP contribution in [-0.4, -0.2) is 74.1 Å². The summed E-state index contributed by atoms with van der Waals surface area (Å²) in [6.07, 6.45) is 2.71. The number of carboxylic acids is 1. The molecule has 1 aliphatic heterocycles. The molecule has 0 radical (unpaired) electrons. The number of hydrogen-bond acceptors (Lipinski definition) is 5. The SMILES string of the molecule is Cc1nn(C)c2ncc(C(=O)N(C)CC(=O)N3CCCC(C(=O)O)C3)cc12. The Bertz CT molecular complexity index is 907. The third kappa shape index (κ3) is 3.76. The minimum absolute atomic E-state index is 0.102. The molecule has 1 atom stereocenters. The van der Waals surface area contributed by atoms with E-state index in [0.717, 1.165) is 11.1 Å². The number of carboxylic acid groups (broad SMARTS) is 1. The second-order valence-corrected chi connectivity index (χ2v) is 6.98. The number of fused-ring (bicyclic) bond motifs is 1. The van der Waals surface area contributed by atoms with Gasteiger partial charge in [0.15, 0.2) is 5.65 Å². The fraction of sp³-hybridized carbons (Fsp3) is 0.500. The molecular weight excluding hydrogens is 350 g/mol. The predicted octanol–water partition coefficient (Wildman–Crippen LogP) is 0.672. The molecule has 2 amide bonds. The fourth-order valence-corrected chi connectivity index (χ4v) is 3.43. The Labute approximate surface area is 156 Å². The molecule has 1 N–H and O–H groups in total. The maximum Gasteiger partial charge on any atom is 0.308 e. The Morgan fingerprint density at radius 1 is 1.37 bits per heavy atom. The highest BCUT2D eigenvalue weighted by atomic mass is 16.4. The lowest BCUT2D eigenvalue weighted by molar-refractivity contribution is -0.145. The quantitative estimate of drug-likeness (QED) is 0.844. The van der Waals surface area contributed by atoms with Crippen molar-refractivity contribution in [1.29, 1.82) is 0 Å². The van der Waals surface area contributed by atoms with Gasteiger partial charge in [0.05, 0.1) is 23.7 Å². The van der Waals surface area contributed by atoms with Gasteiger partial charge in [-0.25, -0.2) is 4.98 Å². The van der Waals surface area contributed by atoms with Crippen molar-refractivity contribution in [2.45, 2.75) is 19.8 Å². The molecule has 0 aliphatic carbocycles. The number of likely N-dealkylation sites (tertiary alicyclic amines) is 1. The van der Waals surface area contributed by atoms with Crippen LogP contribution < -0.4 is 0 Å². The Hall–Kier alpha value is -2.97. The first-order chi connectivity index (χ1) is 12.8. The van der Waals surface area contributed by atoms with Crippen LogP contribution in [0.3, 0.4) is 0 Å². The van der Waals surface area contributed by atoms with Crippen LogP contribution in [-0.2, 0) is 16.6 Å². The van der Waals surface area contributed by atoms with E-state index in [0.29, 0.717) is 30.6 Å². The number of likely N-dealkylation sites (N-methyl/N-ethyl adjacent to an activating group) is 1. The van der Waals surface area contributed by atoms with E-state index in [9.17, 15) is 14.4 Å². The molecular formula is C18H23N5O4. The molecule has 0 aromatic carbocycles. The molecule has 0 bridgehead atoms. The Balaban J connectivity index is 1.69. The van der Waals surface area contributed by atoms with Gasteiger partial charge in [-0.15, -0.1) is 0 Å². The monoisotopic (exact) mass is 373 g/mol. The molecule has 2 aromatic rings. The van der Waals surface area contributed by atoms with Gasteiger partial charge in [-0.3, -0.25) is 19.1 Å². The highest BCUT2D eigenvalue weighted by Crippen LogP contribution is 2.19. The van der Waals surface area contributed by atoms with E-state index in [-0.39, 0.29) is 24.9 Å². The molecule has 2 aromatic heterocycles. The third-order valence-electron chi connectivity index (χ3n) is 4.95. The Morgan fingerprint density at radius 2 is 2.11 bits per heavy atom. The zero-order valence-electron chi connectivity index (χ0n) is 15.7. The van der Waals surface area contributed by atoms with Gasteiger partial charge in [0.1, 0.15) is 0 Å². The largest absolute Gasteiger partial charge is 0.481 e. The number of aliphatic carboxylic acids is 1. The zero-order chi connectivity index (χ0) is 19.7. The van der Waals surface area contributed by atoms with Crippen LogP contribution in [0, 0.1) is 12.8 Å². The maximum absolute atomic E-state index is 12.7. The van der Waals surface area contributed by atoms with Crippen molar-refractivity contribution in [3.05, 3.63) is 23.5 Å². The molecule has 9 heteroatoms. The molecule has 3 rings (SSSR count). The van der Waals surface area contributed by atoms with Crippen molar-refractivity contribution < 1.29 is 19.5 Å². The molecule has 3 heterocycles. The summed E-state index contributed by atoms with van der Waals surface area (Å²) in [5, 5.41) is 14.2. The van der Waals surface area contributed by atoms with Crippen molar-refractivity contribution >= 4 is 28.8 Å². The number of rotatable bonds is 4. The van der Waals surface area contributed by atoms with Gasteiger partial charge in [0, 0.05) is 38.8 Å². The number of piperidine rings is 1. The number of carbonyl (C=O) groups excluding carboxylic acids is 2. The van der Waals surface area contributed by atoms with Crippen LogP contribution in [0.1, 0.15) is 28.9 Å². The average Bonchev–Trinajstić information content (AvgIpc) is 2.94. The Kier molecular flexibility index (Phi) is 5.11. The minimum Gasteiger partial charge on any atom is -0.481 e. The predicted molar refractivity (Wildman–Crippen MR) is 97.1 cm³/mol. The summed E-state index contributed by atoms with van der Waals surface area (Å²) in [5.41, 5.74) is 1.85. The van der Waals surface area contributed by atoms with E-state index < -0.39 is 11.9 Å². The van der Waals surface area contributed by atoms with Gasteiger partial charge >= 0.3 is 5.97 Å². The van der Waals surface area contributed by atoms with E-state index in [1.165, 1.54) is 16.0 Å². The van der Waals surface area contributed by atoms with Crippen LogP contribution in [0.4, 0.5) is 0 Å². The summed E-state index contributed by atoms with van der Waals surface area (Å²) in [6.45, 7) is 2.46. The summed E-state index contributed by atoms with van der Waals surface area (Å²) >= 11 is 0. The molecule has 144 valence electrons. The van der Waals surface area contributed by atoms with E-state index in [2.05, 4.69) is 10.1 Å². The number of pyridine rings is 1. The van der Waals surface area contributed by atoms with Gasteiger partial charge in [0.25, 0.3) is 5.91 Å². The second kappa shape index (κ2) is 7.34. The lowest BCUT2D eigenvalue weighted by Crippen LogP contribution is -2.46. The first-order valence-corrected chi connectivity index (χ1v) is 8.83. The van der Waals surface area contributed by atoms with Crippen LogP contribution in [0.5, 0.6) is 0 Å². The van der Waals surface area contributed by atoms with Crippen molar-refractivity contribution in [1.82, 2.24) is 24.6 Å². The molecule has 0 spiro atoms. The first-order valence-electron chi connectivity index (χ1n) is 8.83. The fourth-order valence-electron chi connectivity index (χ4n) is 3.43. The van der Waals surface area contributed by atoms with Crippen molar-refractivity contribution in [2.24, 2.45) is 13.0 Å². The van der Waals surface area contributed by atoms with Gasteiger partial charge in [-0.05, 0) is 25.8 Å². The third-order valence-corrected chi connectivity index (χ3v) is 4.95. The number of nitrogens with zero attached hydrogens (tertiary/aromatic N) is 5. The van der Waals surface area contributed by atoms with Crippen LogP contribution in [0.15, 0.2) is 12.3 Å².